The van der Waals surface area contributed by atoms with Crippen molar-refractivity contribution in [3.63, 3.8) is 0 Å². The molecule has 0 saturated carbocycles. The molecule has 18 heavy (non-hydrogen) atoms. The number of halogens is 1. The van der Waals surface area contributed by atoms with Crippen molar-refractivity contribution in [3.05, 3.63) is 41.7 Å². The molecule has 1 atom stereocenters. The second-order valence-electron chi connectivity index (χ2n) is 3.88. The number of amides is 1. The van der Waals surface area contributed by atoms with Crippen LogP contribution in [0, 0.1) is 0 Å². The maximum absolute atomic E-state index is 12.0. The normalized spacial score (nSPS) is 12.1. The summed E-state index contributed by atoms with van der Waals surface area (Å²) in [6.07, 6.45) is 3.35. The topological polar surface area (TPSA) is 72.9 Å². The molecule has 0 aliphatic carbocycles. The molecular formula is C12H13ClN4O. The van der Waals surface area contributed by atoms with E-state index < -0.39 is 6.04 Å². The smallest absolute Gasteiger partial charge is 0.249 e. The van der Waals surface area contributed by atoms with Crippen molar-refractivity contribution in [3.8, 4) is 0 Å². The Kier molecular flexibility index (Phi) is 3.53. The first-order chi connectivity index (χ1) is 8.58. The van der Waals surface area contributed by atoms with E-state index in [1.807, 2.05) is 0 Å². The lowest BCUT2D eigenvalue weighted by atomic mass is 10.2. The largest absolute Gasteiger partial charge is 0.397 e. The molecule has 0 spiro atoms. The van der Waals surface area contributed by atoms with Crippen LogP contribution in [-0.4, -0.2) is 15.7 Å². The van der Waals surface area contributed by atoms with Gasteiger partial charge in [0.2, 0.25) is 5.91 Å². The fourth-order valence-corrected chi connectivity index (χ4v) is 1.68. The minimum Gasteiger partial charge on any atom is -0.397 e. The minimum atomic E-state index is -0.418. The highest BCUT2D eigenvalue weighted by molar-refractivity contribution is 6.31. The van der Waals surface area contributed by atoms with Crippen molar-refractivity contribution in [1.29, 1.82) is 0 Å². The number of carbonyl (C=O) groups excluding carboxylic acids is 1. The highest BCUT2D eigenvalue weighted by atomic mass is 35.5. The van der Waals surface area contributed by atoms with Crippen molar-refractivity contribution in [2.45, 2.75) is 13.0 Å². The third-order valence-electron chi connectivity index (χ3n) is 2.57. The number of rotatable bonds is 3. The molecule has 1 heterocycles. The Labute approximate surface area is 110 Å². The van der Waals surface area contributed by atoms with Crippen LogP contribution in [0.1, 0.15) is 13.0 Å². The van der Waals surface area contributed by atoms with E-state index >= 15 is 0 Å². The van der Waals surface area contributed by atoms with Gasteiger partial charge in [0.05, 0.1) is 11.4 Å². The average Bonchev–Trinajstić information content (AvgIpc) is 2.86. The van der Waals surface area contributed by atoms with Crippen molar-refractivity contribution >= 4 is 28.9 Å². The van der Waals surface area contributed by atoms with E-state index in [0.717, 1.165) is 0 Å². The van der Waals surface area contributed by atoms with E-state index in [0.29, 0.717) is 16.4 Å². The lowest BCUT2D eigenvalue weighted by Crippen LogP contribution is -2.24. The van der Waals surface area contributed by atoms with Crippen molar-refractivity contribution in [2.24, 2.45) is 0 Å². The zero-order valence-corrected chi connectivity index (χ0v) is 10.6. The van der Waals surface area contributed by atoms with Crippen LogP contribution in [0.15, 0.2) is 36.7 Å². The van der Waals surface area contributed by atoms with Crippen LogP contribution in [0.3, 0.4) is 0 Å². The van der Waals surface area contributed by atoms with Crippen LogP contribution < -0.4 is 11.1 Å². The molecule has 2 rings (SSSR count). The molecule has 3 N–H and O–H groups in total. The molecule has 0 bridgehead atoms. The van der Waals surface area contributed by atoms with Crippen LogP contribution in [0.2, 0.25) is 5.02 Å². The Morgan fingerprint density at radius 2 is 2.33 bits per heavy atom. The van der Waals surface area contributed by atoms with Gasteiger partial charge in [0.25, 0.3) is 0 Å². The van der Waals surface area contributed by atoms with E-state index in [9.17, 15) is 4.79 Å². The van der Waals surface area contributed by atoms with Crippen LogP contribution in [0.4, 0.5) is 11.4 Å². The fraction of sp³-hybridized carbons (Fsp3) is 0.167. The van der Waals surface area contributed by atoms with Crippen molar-refractivity contribution in [1.82, 2.24) is 9.78 Å². The number of benzene rings is 1. The zero-order valence-electron chi connectivity index (χ0n) is 9.80. The van der Waals surface area contributed by atoms with Gasteiger partial charge in [-0.2, -0.15) is 5.10 Å². The Balaban J connectivity index is 2.14. The van der Waals surface area contributed by atoms with E-state index in [2.05, 4.69) is 10.4 Å². The number of nitrogens with zero attached hydrogens (tertiary/aromatic N) is 2. The standard InChI is InChI=1S/C12H13ClN4O/c1-8(17-6-2-5-15-17)12(18)16-11-7-9(13)3-4-10(11)14/h2-8H,14H2,1H3,(H,16,18). The summed E-state index contributed by atoms with van der Waals surface area (Å²) < 4.78 is 1.57. The molecular weight excluding hydrogens is 252 g/mol. The number of carbonyl (C=O) groups is 1. The maximum Gasteiger partial charge on any atom is 0.249 e. The summed E-state index contributed by atoms with van der Waals surface area (Å²) >= 11 is 5.85. The predicted octanol–water partition coefficient (Wildman–Crippen LogP) is 2.32. The van der Waals surface area contributed by atoms with Crippen LogP contribution in [-0.2, 0) is 4.79 Å². The van der Waals surface area contributed by atoms with Gasteiger partial charge in [-0.05, 0) is 31.2 Å². The number of anilines is 2. The van der Waals surface area contributed by atoms with Gasteiger partial charge >= 0.3 is 0 Å². The molecule has 0 saturated heterocycles. The van der Waals surface area contributed by atoms with E-state index in [1.165, 1.54) is 0 Å². The number of nitrogens with one attached hydrogen (secondary N) is 1. The molecule has 0 aliphatic rings. The molecule has 0 radical (unpaired) electrons. The second-order valence-corrected chi connectivity index (χ2v) is 4.32. The Hall–Kier alpha value is -2.01. The predicted molar refractivity (Wildman–Crippen MR) is 71.4 cm³/mol. The van der Waals surface area contributed by atoms with Gasteiger partial charge in [0, 0.05) is 17.4 Å². The van der Waals surface area contributed by atoms with Crippen molar-refractivity contribution < 1.29 is 4.79 Å². The SMILES string of the molecule is CC(C(=O)Nc1cc(Cl)ccc1N)n1cccn1. The fourth-order valence-electron chi connectivity index (χ4n) is 1.50. The number of aromatic nitrogens is 2. The average molecular weight is 265 g/mol. The highest BCUT2D eigenvalue weighted by Gasteiger charge is 2.16. The van der Waals surface area contributed by atoms with Crippen LogP contribution >= 0.6 is 11.6 Å². The van der Waals surface area contributed by atoms with Crippen LogP contribution in [0.5, 0.6) is 0 Å². The highest BCUT2D eigenvalue weighted by Crippen LogP contribution is 2.23. The number of nitrogens with two attached hydrogens (primary N) is 1. The summed E-state index contributed by atoms with van der Waals surface area (Å²) in [5, 5.41) is 7.27. The van der Waals surface area contributed by atoms with Gasteiger partial charge < -0.3 is 11.1 Å². The molecule has 0 aliphatic heterocycles. The number of hydrogen-bond acceptors (Lipinski definition) is 3. The number of nitrogen functional groups attached to an aromatic ring is 1. The summed E-state index contributed by atoms with van der Waals surface area (Å²) in [5.41, 5.74) is 6.74. The summed E-state index contributed by atoms with van der Waals surface area (Å²) in [7, 11) is 0. The minimum absolute atomic E-state index is 0.201. The Morgan fingerprint density at radius 1 is 1.56 bits per heavy atom. The lowest BCUT2D eigenvalue weighted by molar-refractivity contribution is -0.119. The first-order valence-electron chi connectivity index (χ1n) is 5.43. The van der Waals surface area contributed by atoms with Gasteiger partial charge in [-0.25, -0.2) is 0 Å². The molecule has 94 valence electrons. The van der Waals surface area contributed by atoms with E-state index in [-0.39, 0.29) is 5.91 Å². The van der Waals surface area contributed by atoms with Crippen molar-refractivity contribution in [2.75, 3.05) is 11.1 Å². The molecule has 1 aromatic carbocycles. The first-order valence-corrected chi connectivity index (χ1v) is 5.81. The molecule has 2 aromatic rings. The first kappa shape index (κ1) is 12.4. The third-order valence-corrected chi connectivity index (χ3v) is 2.81. The third kappa shape index (κ3) is 2.62. The van der Waals surface area contributed by atoms with Crippen LogP contribution in [0.25, 0.3) is 0 Å². The molecule has 1 aromatic heterocycles. The molecule has 0 fully saturated rings. The Morgan fingerprint density at radius 3 is 3.00 bits per heavy atom. The summed E-state index contributed by atoms with van der Waals surface area (Å²) in [6, 6.07) is 6.28. The van der Waals surface area contributed by atoms with Gasteiger partial charge in [0.15, 0.2) is 0 Å². The Bertz CT molecular complexity index is 553. The second kappa shape index (κ2) is 5.10. The molecule has 6 heteroatoms. The van der Waals surface area contributed by atoms with Gasteiger partial charge in [-0.3, -0.25) is 9.48 Å². The quantitative estimate of drug-likeness (QED) is 0.836. The lowest BCUT2D eigenvalue weighted by Gasteiger charge is -2.14. The zero-order chi connectivity index (χ0) is 13.1. The van der Waals surface area contributed by atoms with Gasteiger partial charge in [-0.15, -0.1) is 0 Å². The maximum atomic E-state index is 12.0. The van der Waals surface area contributed by atoms with Gasteiger partial charge in [0.1, 0.15) is 6.04 Å². The number of hydrogen-bond donors (Lipinski definition) is 2. The van der Waals surface area contributed by atoms with E-state index in [4.69, 9.17) is 17.3 Å². The summed E-state index contributed by atoms with van der Waals surface area (Å²) in [6.45, 7) is 1.75. The molecule has 5 nitrogen and oxygen atoms in total. The summed E-state index contributed by atoms with van der Waals surface area (Å²) in [4.78, 5) is 12.0. The molecule has 1 unspecified atom stereocenters. The monoisotopic (exact) mass is 264 g/mol. The summed E-state index contributed by atoms with van der Waals surface area (Å²) in [5.74, 6) is -0.201. The van der Waals surface area contributed by atoms with E-state index in [1.54, 1.807) is 48.3 Å². The van der Waals surface area contributed by atoms with Gasteiger partial charge in [-0.1, -0.05) is 11.6 Å². The molecule has 1 amide bonds.